The largest absolute Gasteiger partial charge is 0.444 e. The number of piperazine rings is 1. The van der Waals surface area contributed by atoms with E-state index in [1.165, 1.54) is 0 Å². The molecule has 0 spiro atoms. The molecule has 1 saturated carbocycles. The fourth-order valence-corrected chi connectivity index (χ4v) is 4.06. The van der Waals surface area contributed by atoms with Gasteiger partial charge < -0.3 is 9.64 Å². The first-order chi connectivity index (χ1) is 11.6. The van der Waals surface area contributed by atoms with Crippen LogP contribution in [0.5, 0.6) is 0 Å². The summed E-state index contributed by atoms with van der Waals surface area (Å²) in [7, 11) is -3.40. The molecule has 1 aliphatic carbocycles. The first-order valence-electron chi connectivity index (χ1n) is 9.11. The summed E-state index contributed by atoms with van der Waals surface area (Å²) in [6.45, 7) is 8.74. The van der Waals surface area contributed by atoms with Gasteiger partial charge in [-0.15, -0.1) is 0 Å². The van der Waals surface area contributed by atoms with Crippen molar-refractivity contribution in [2.45, 2.75) is 58.1 Å². The molecular weight excluding hydrogens is 344 g/mol. The number of carbonyl (C=O) groups excluding carboxylic acids is 1. The normalized spacial score (nSPS) is 26.5. The molecule has 0 aromatic carbocycles. The number of amides is 1. The lowest BCUT2D eigenvalue weighted by Gasteiger charge is -2.44. The lowest BCUT2D eigenvalue weighted by Crippen LogP contribution is -2.55. The van der Waals surface area contributed by atoms with Crippen molar-refractivity contribution >= 4 is 16.2 Å². The molecule has 25 heavy (non-hydrogen) atoms. The van der Waals surface area contributed by atoms with Crippen LogP contribution >= 0.6 is 0 Å². The number of ether oxygens (including phenoxy) is 1. The lowest BCUT2D eigenvalue weighted by molar-refractivity contribution is -0.000576. The van der Waals surface area contributed by atoms with Crippen molar-refractivity contribution in [3.8, 4) is 0 Å². The zero-order valence-corrected chi connectivity index (χ0v) is 16.7. The fraction of sp³-hybridized carbons (Fsp3) is 0.941. The van der Waals surface area contributed by atoms with Crippen LogP contribution in [0.1, 0.15) is 46.5 Å². The maximum absolute atomic E-state index is 12.2. The minimum atomic E-state index is -3.40. The predicted octanol–water partition coefficient (Wildman–Crippen LogP) is 2.07. The topological polar surface area (TPSA) is 76.2 Å². The van der Waals surface area contributed by atoms with Crippen LogP contribution in [-0.4, -0.2) is 75.0 Å². The Balaban J connectivity index is 1.88. The van der Waals surface area contributed by atoms with Crippen LogP contribution in [0.25, 0.3) is 0 Å². The number of hydrogen-bond donors (Lipinski definition) is 0. The van der Waals surface area contributed by atoms with Gasteiger partial charge in [-0.25, -0.2) is 4.79 Å². The third-order valence-electron chi connectivity index (χ3n) is 4.80. The molecule has 1 amide bonds. The van der Waals surface area contributed by atoms with Gasteiger partial charge in [-0.1, -0.05) is 12.8 Å². The van der Waals surface area contributed by atoms with Crippen molar-refractivity contribution in [2.24, 2.45) is 5.92 Å². The van der Waals surface area contributed by atoms with Gasteiger partial charge in [0.1, 0.15) is 5.60 Å². The molecule has 0 bridgehead atoms. The molecule has 146 valence electrons. The average molecular weight is 377 g/mol. The first kappa shape index (κ1) is 20.5. The lowest BCUT2D eigenvalue weighted by atomic mass is 9.84. The predicted molar refractivity (Wildman–Crippen MR) is 95.9 cm³/mol. The molecule has 2 fully saturated rings. The van der Waals surface area contributed by atoms with Gasteiger partial charge in [0.05, 0.1) is 12.9 Å². The summed E-state index contributed by atoms with van der Waals surface area (Å²) in [5.74, 6) is 0.233. The SMILES string of the molecule is CC(C)(C)OC(=O)N1CCN([C@@H]2CCCC[C@@H]2COS(C)(=O)=O)CC1. The van der Waals surface area contributed by atoms with Crippen molar-refractivity contribution in [1.29, 1.82) is 0 Å². The summed E-state index contributed by atoms with van der Waals surface area (Å²) in [6, 6.07) is 0.330. The van der Waals surface area contributed by atoms with Gasteiger partial charge >= 0.3 is 6.09 Å². The highest BCUT2D eigenvalue weighted by molar-refractivity contribution is 7.85. The van der Waals surface area contributed by atoms with Gasteiger partial charge in [-0.2, -0.15) is 8.42 Å². The van der Waals surface area contributed by atoms with Crippen LogP contribution in [0.2, 0.25) is 0 Å². The Morgan fingerprint density at radius 2 is 1.68 bits per heavy atom. The van der Waals surface area contributed by atoms with Crippen LogP contribution in [0, 0.1) is 5.92 Å². The van der Waals surface area contributed by atoms with Crippen LogP contribution in [0.4, 0.5) is 4.79 Å². The molecule has 0 aromatic heterocycles. The van der Waals surface area contributed by atoms with E-state index in [0.717, 1.165) is 45.0 Å². The third kappa shape index (κ3) is 6.75. The second-order valence-electron chi connectivity index (χ2n) is 8.10. The van der Waals surface area contributed by atoms with Gasteiger partial charge in [-0.3, -0.25) is 9.08 Å². The summed E-state index contributed by atoms with van der Waals surface area (Å²) in [5.41, 5.74) is -0.480. The third-order valence-corrected chi connectivity index (χ3v) is 5.36. The van der Waals surface area contributed by atoms with Crippen LogP contribution in [0.3, 0.4) is 0 Å². The van der Waals surface area contributed by atoms with Gasteiger partial charge in [0.2, 0.25) is 0 Å². The van der Waals surface area contributed by atoms with Crippen LogP contribution in [0.15, 0.2) is 0 Å². The molecule has 2 aliphatic rings. The van der Waals surface area contributed by atoms with Crippen molar-refractivity contribution in [2.75, 3.05) is 39.0 Å². The fourth-order valence-electron chi connectivity index (χ4n) is 3.64. The molecule has 1 saturated heterocycles. The molecular formula is C17H32N2O5S. The smallest absolute Gasteiger partial charge is 0.410 e. The zero-order chi connectivity index (χ0) is 18.7. The molecule has 0 unspecified atom stereocenters. The Hall–Kier alpha value is -0.860. The van der Waals surface area contributed by atoms with E-state index in [4.69, 9.17) is 8.92 Å². The van der Waals surface area contributed by atoms with Crippen molar-refractivity contribution in [3.05, 3.63) is 0 Å². The Bertz CT molecular complexity index is 550. The quantitative estimate of drug-likeness (QED) is 0.699. The summed E-state index contributed by atoms with van der Waals surface area (Å²) < 4.78 is 33.1. The second-order valence-corrected chi connectivity index (χ2v) is 9.75. The van der Waals surface area contributed by atoms with E-state index >= 15 is 0 Å². The number of rotatable bonds is 4. The maximum Gasteiger partial charge on any atom is 0.410 e. The summed E-state index contributed by atoms with van der Waals surface area (Å²) >= 11 is 0. The molecule has 1 heterocycles. The van der Waals surface area contributed by atoms with E-state index in [1.807, 2.05) is 20.8 Å². The van der Waals surface area contributed by atoms with Crippen molar-refractivity contribution in [3.63, 3.8) is 0 Å². The van der Waals surface area contributed by atoms with Crippen LogP contribution in [-0.2, 0) is 19.0 Å². The number of carbonyl (C=O) groups is 1. The summed E-state index contributed by atoms with van der Waals surface area (Å²) in [4.78, 5) is 16.3. The van der Waals surface area contributed by atoms with Gasteiger partial charge in [0, 0.05) is 32.2 Å². The van der Waals surface area contributed by atoms with Crippen molar-refractivity contribution in [1.82, 2.24) is 9.80 Å². The molecule has 2 rings (SSSR count). The van der Waals surface area contributed by atoms with Gasteiger partial charge in [-0.05, 0) is 39.5 Å². The molecule has 8 heteroatoms. The van der Waals surface area contributed by atoms with E-state index in [-0.39, 0.29) is 18.6 Å². The number of nitrogens with zero attached hydrogens (tertiary/aromatic N) is 2. The molecule has 2 atom stereocenters. The van der Waals surface area contributed by atoms with Crippen LogP contribution < -0.4 is 0 Å². The van der Waals surface area contributed by atoms with Crippen molar-refractivity contribution < 1.29 is 22.1 Å². The molecule has 0 radical (unpaired) electrons. The molecule has 1 aliphatic heterocycles. The Kier molecular flexibility index (Phi) is 6.73. The Morgan fingerprint density at radius 3 is 2.24 bits per heavy atom. The average Bonchev–Trinajstić information content (AvgIpc) is 2.51. The highest BCUT2D eigenvalue weighted by atomic mass is 32.2. The highest BCUT2D eigenvalue weighted by Gasteiger charge is 2.34. The first-order valence-corrected chi connectivity index (χ1v) is 10.9. The minimum Gasteiger partial charge on any atom is -0.444 e. The van der Waals surface area contributed by atoms with E-state index < -0.39 is 15.7 Å². The van der Waals surface area contributed by atoms with E-state index in [2.05, 4.69) is 4.90 Å². The standard InChI is InChI=1S/C17H32N2O5S/c1-17(2,3)24-16(20)19-11-9-18(10-12-19)15-8-6-5-7-14(15)13-23-25(4,21)22/h14-15H,5-13H2,1-4H3/t14-,15-/m1/s1. The van der Waals surface area contributed by atoms with E-state index in [0.29, 0.717) is 19.1 Å². The van der Waals surface area contributed by atoms with E-state index in [9.17, 15) is 13.2 Å². The summed E-state index contributed by atoms with van der Waals surface area (Å²) in [6.07, 6.45) is 5.17. The Labute approximate surface area is 151 Å². The number of hydrogen-bond acceptors (Lipinski definition) is 6. The van der Waals surface area contributed by atoms with Gasteiger partial charge in [0.25, 0.3) is 10.1 Å². The second kappa shape index (κ2) is 8.22. The van der Waals surface area contributed by atoms with Gasteiger partial charge in [0.15, 0.2) is 0 Å². The van der Waals surface area contributed by atoms with E-state index in [1.54, 1.807) is 4.90 Å². The highest BCUT2D eigenvalue weighted by Crippen LogP contribution is 2.30. The minimum absolute atomic E-state index is 0.233. The Morgan fingerprint density at radius 1 is 1.08 bits per heavy atom. The maximum atomic E-state index is 12.2. The monoisotopic (exact) mass is 376 g/mol. The molecule has 0 N–H and O–H groups in total. The molecule has 7 nitrogen and oxygen atoms in total. The summed E-state index contributed by atoms with van der Waals surface area (Å²) in [5, 5.41) is 0. The molecule has 0 aromatic rings. The zero-order valence-electron chi connectivity index (χ0n) is 15.9.